The summed E-state index contributed by atoms with van der Waals surface area (Å²) in [7, 11) is 0. The van der Waals surface area contributed by atoms with Crippen LogP contribution >= 0.6 is 0 Å². The van der Waals surface area contributed by atoms with Gasteiger partial charge in [0.05, 0.1) is 6.04 Å². The van der Waals surface area contributed by atoms with Crippen LogP contribution in [0.4, 0.5) is 0 Å². The first-order chi connectivity index (χ1) is 9.83. The topological polar surface area (TPSA) is 41.6 Å². The fourth-order valence-corrected chi connectivity index (χ4v) is 3.95. The Morgan fingerprint density at radius 3 is 2.65 bits per heavy atom. The average Bonchev–Trinajstić information content (AvgIpc) is 2.69. The normalized spacial score (nSPS) is 39.8. The van der Waals surface area contributed by atoms with Gasteiger partial charge in [0.15, 0.2) is 0 Å². The maximum Gasteiger partial charge on any atom is 0.328 e. The van der Waals surface area contributed by atoms with Crippen molar-refractivity contribution in [2.24, 2.45) is 5.92 Å². The molecule has 0 spiro atoms. The number of esters is 1. The monoisotopic (exact) mass is 272 g/mol. The fraction of sp³-hybridized carbons (Fsp3) is 0.562. The van der Waals surface area contributed by atoms with Crippen LogP contribution in [0.2, 0.25) is 0 Å². The molecule has 0 aliphatic carbocycles. The summed E-state index contributed by atoms with van der Waals surface area (Å²) in [5.41, 5.74) is 0.999. The number of nitrogens with one attached hydrogen (secondary N) is 1. The molecule has 20 heavy (non-hydrogen) atoms. The number of hydrogen-bond donors (Lipinski definition) is 1. The number of carbonyl (C=O) groups is 1. The van der Waals surface area contributed by atoms with Gasteiger partial charge in [-0.15, -0.1) is 0 Å². The van der Waals surface area contributed by atoms with Gasteiger partial charge in [-0.1, -0.05) is 30.3 Å². The Bertz CT molecular complexity index is 496. The predicted octanol–water partition coefficient (Wildman–Crippen LogP) is 1.34. The highest BCUT2D eigenvalue weighted by Crippen LogP contribution is 2.36. The third kappa shape index (κ3) is 1.95. The molecule has 0 radical (unpaired) electrons. The molecule has 2 bridgehead atoms. The first-order valence-corrected chi connectivity index (χ1v) is 7.56. The largest absolute Gasteiger partial charge is 0.459 e. The van der Waals surface area contributed by atoms with Crippen LogP contribution in [0, 0.1) is 5.92 Å². The minimum atomic E-state index is -0.317. The Kier molecular flexibility index (Phi) is 3.00. The summed E-state index contributed by atoms with van der Waals surface area (Å²) in [4.78, 5) is 14.9. The lowest BCUT2D eigenvalue weighted by Gasteiger charge is -2.49. The highest BCUT2D eigenvalue weighted by atomic mass is 16.5. The smallest absolute Gasteiger partial charge is 0.328 e. The fourth-order valence-electron chi connectivity index (χ4n) is 3.95. The van der Waals surface area contributed by atoms with E-state index in [9.17, 15) is 4.79 Å². The molecule has 0 amide bonds. The Hall–Kier alpha value is -1.39. The van der Waals surface area contributed by atoms with Crippen LogP contribution in [-0.4, -0.2) is 42.6 Å². The van der Waals surface area contributed by atoms with E-state index in [-0.39, 0.29) is 18.1 Å². The zero-order valence-corrected chi connectivity index (χ0v) is 11.5. The van der Waals surface area contributed by atoms with E-state index in [1.165, 1.54) is 12.8 Å². The second-order valence-corrected chi connectivity index (χ2v) is 6.09. The molecule has 5 rings (SSSR count). The molecule has 0 aromatic heterocycles. The molecule has 106 valence electrons. The number of nitrogens with zero attached hydrogens (tertiary/aromatic N) is 1. The van der Waals surface area contributed by atoms with Gasteiger partial charge >= 0.3 is 5.97 Å². The average molecular weight is 272 g/mol. The van der Waals surface area contributed by atoms with E-state index in [1.807, 2.05) is 30.3 Å². The number of rotatable bonds is 1. The van der Waals surface area contributed by atoms with E-state index in [1.54, 1.807) is 0 Å². The molecule has 4 heterocycles. The van der Waals surface area contributed by atoms with E-state index in [2.05, 4.69) is 10.2 Å². The lowest BCUT2D eigenvalue weighted by molar-refractivity contribution is -0.163. The van der Waals surface area contributed by atoms with Gasteiger partial charge in [0.2, 0.25) is 0 Å². The molecule has 3 atom stereocenters. The Balaban J connectivity index is 1.60. The van der Waals surface area contributed by atoms with Gasteiger partial charge in [-0.2, -0.15) is 0 Å². The summed E-state index contributed by atoms with van der Waals surface area (Å²) in [5.74, 6) is 0.447. The lowest BCUT2D eigenvalue weighted by atomic mass is 9.80. The van der Waals surface area contributed by atoms with Crippen molar-refractivity contribution in [2.45, 2.75) is 31.0 Å². The van der Waals surface area contributed by atoms with Crippen molar-refractivity contribution in [2.75, 3.05) is 19.6 Å². The SMILES string of the molecule is O=C1OC2C3CCN(CC3)C2CNC1c1ccccc1. The van der Waals surface area contributed by atoms with Crippen LogP contribution in [0.1, 0.15) is 24.4 Å². The van der Waals surface area contributed by atoms with Crippen LogP contribution in [0.15, 0.2) is 30.3 Å². The van der Waals surface area contributed by atoms with Gasteiger partial charge in [0.1, 0.15) is 12.1 Å². The summed E-state index contributed by atoms with van der Waals surface area (Å²) in [6, 6.07) is 9.93. The minimum Gasteiger partial charge on any atom is -0.459 e. The molecule has 1 aromatic rings. The number of hydrogen-bond acceptors (Lipinski definition) is 4. The van der Waals surface area contributed by atoms with Crippen molar-refractivity contribution in [1.29, 1.82) is 0 Å². The van der Waals surface area contributed by atoms with E-state index in [0.29, 0.717) is 12.0 Å². The van der Waals surface area contributed by atoms with Crippen LogP contribution in [0.5, 0.6) is 0 Å². The minimum absolute atomic E-state index is 0.0891. The Morgan fingerprint density at radius 2 is 1.90 bits per heavy atom. The Morgan fingerprint density at radius 1 is 1.15 bits per heavy atom. The van der Waals surface area contributed by atoms with Crippen molar-refractivity contribution < 1.29 is 9.53 Å². The maximum absolute atomic E-state index is 12.4. The summed E-state index contributed by atoms with van der Waals surface area (Å²) >= 11 is 0. The number of fused-ring (bicyclic) bond motifs is 2. The maximum atomic E-state index is 12.4. The lowest BCUT2D eigenvalue weighted by Crippen LogP contribution is -2.60. The summed E-state index contributed by atoms with van der Waals surface area (Å²) in [6.45, 7) is 3.15. The van der Waals surface area contributed by atoms with Crippen molar-refractivity contribution >= 4 is 5.97 Å². The summed E-state index contributed by atoms with van der Waals surface area (Å²) in [6.07, 6.45) is 2.43. The van der Waals surface area contributed by atoms with E-state index in [4.69, 9.17) is 4.74 Å². The van der Waals surface area contributed by atoms with Crippen LogP contribution in [0.25, 0.3) is 0 Å². The van der Waals surface area contributed by atoms with Gasteiger partial charge in [0, 0.05) is 6.54 Å². The highest BCUT2D eigenvalue weighted by molar-refractivity contribution is 5.78. The van der Waals surface area contributed by atoms with Gasteiger partial charge < -0.3 is 4.74 Å². The van der Waals surface area contributed by atoms with Crippen LogP contribution in [0.3, 0.4) is 0 Å². The van der Waals surface area contributed by atoms with Crippen LogP contribution in [-0.2, 0) is 9.53 Å². The number of benzene rings is 1. The van der Waals surface area contributed by atoms with E-state index < -0.39 is 0 Å². The molecule has 1 aromatic carbocycles. The molecule has 4 saturated heterocycles. The molecule has 4 heteroatoms. The number of carbonyl (C=O) groups excluding carboxylic acids is 1. The van der Waals surface area contributed by atoms with Gasteiger partial charge in [-0.05, 0) is 37.4 Å². The molecule has 0 saturated carbocycles. The van der Waals surface area contributed by atoms with Crippen molar-refractivity contribution in [3.8, 4) is 0 Å². The third-order valence-electron chi connectivity index (χ3n) is 5.04. The standard InChI is InChI=1S/C16H20N2O2/c19-16-14(11-4-2-1-3-5-11)17-10-13-15(20-16)12-6-8-18(13)9-7-12/h1-5,12-15,17H,6-10H2. The molecule has 4 fully saturated rings. The molecule has 1 N–H and O–H groups in total. The second-order valence-electron chi connectivity index (χ2n) is 6.09. The van der Waals surface area contributed by atoms with Gasteiger partial charge in [-0.25, -0.2) is 4.79 Å². The van der Waals surface area contributed by atoms with E-state index >= 15 is 0 Å². The van der Waals surface area contributed by atoms with Crippen LogP contribution < -0.4 is 5.32 Å². The van der Waals surface area contributed by atoms with E-state index in [0.717, 1.165) is 25.2 Å². The van der Waals surface area contributed by atoms with Crippen molar-refractivity contribution in [1.82, 2.24) is 10.2 Å². The zero-order valence-electron chi connectivity index (χ0n) is 11.5. The molecular formula is C16H20N2O2. The number of piperidine rings is 3. The van der Waals surface area contributed by atoms with Gasteiger partial charge in [0.25, 0.3) is 0 Å². The Labute approximate surface area is 119 Å². The molecule has 4 aliphatic rings. The molecule has 3 unspecified atom stereocenters. The summed E-state index contributed by atoms with van der Waals surface area (Å²) < 4.78 is 5.87. The second kappa shape index (κ2) is 4.86. The molecule has 4 nitrogen and oxygen atoms in total. The molecular weight excluding hydrogens is 252 g/mol. The quantitative estimate of drug-likeness (QED) is 0.783. The first-order valence-electron chi connectivity index (χ1n) is 7.56. The number of ether oxygens (including phenoxy) is 1. The van der Waals surface area contributed by atoms with Crippen molar-refractivity contribution in [3.05, 3.63) is 35.9 Å². The summed E-state index contributed by atoms with van der Waals surface area (Å²) in [5, 5.41) is 3.42. The van der Waals surface area contributed by atoms with Gasteiger partial charge in [-0.3, -0.25) is 10.2 Å². The molecule has 4 aliphatic heterocycles. The predicted molar refractivity (Wildman–Crippen MR) is 75.2 cm³/mol. The van der Waals surface area contributed by atoms with Crippen molar-refractivity contribution in [3.63, 3.8) is 0 Å². The zero-order chi connectivity index (χ0) is 13.5. The first kappa shape index (κ1) is 12.4. The highest BCUT2D eigenvalue weighted by Gasteiger charge is 2.47. The third-order valence-corrected chi connectivity index (χ3v) is 5.04.